The van der Waals surface area contributed by atoms with E-state index in [1.165, 1.54) is 48.5 Å². The molecule has 11 nitrogen and oxygen atoms in total. The summed E-state index contributed by atoms with van der Waals surface area (Å²) >= 11 is 0. The standard InChI is InChI=1S/C29H26F3N3O8/c30-29(31,32)28(41)43-23-4-1-3-21(37)24(23)26(39)34-18-10-6-17(7-11-18)27(40)42-22-5-2-14-33-15-20(22)35-25(38)16-8-12-19(36)13-9-16/h1,3-4,6-13,20,22,33,36-37H,2,5,14-15H2,(H,34,39)(H,35,38)/t20-,22-/m1/s1. The number of rotatable bonds is 7. The van der Waals surface area contributed by atoms with Crippen LogP contribution in [0.1, 0.15) is 43.9 Å². The van der Waals surface area contributed by atoms with E-state index in [1.54, 1.807) is 0 Å². The van der Waals surface area contributed by atoms with Crippen LogP contribution in [0.3, 0.4) is 0 Å². The molecule has 0 radical (unpaired) electrons. The zero-order valence-electron chi connectivity index (χ0n) is 22.3. The van der Waals surface area contributed by atoms with Crippen LogP contribution >= 0.6 is 0 Å². The van der Waals surface area contributed by atoms with E-state index in [2.05, 4.69) is 20.7 Å². The molecule has 0 aliphatic carbocycles. The number of esters is 2. The van der Waals surface area contributed by atoms with Gasteiger partial charge in [0.25, 0.3) is 11.8 Å². The molecule has 226 valence electrons. The van der Waals surface area contributed by atoms with Gasteiger partial charge in [0.15, 0.2) is 0 Å². The third kappa shape index (κ3) is 8.01. The lowest BCUT2D eigenvalue weighted by Gasteiger charge is -2.26. The third-order valence-electron chi connectivity index (χ3n) is 6.40. The van der Waals surface area contributed by atoms with Crippen LogP contribution in [-0.2, 0) is 9.53 Å². The third-order valence-corrected chi connectivity index (χ3v) is 6.40. The molecule has 0 aromatic heterocycles. The second-order valence-corrected chi connectivity index (χ2v) is 9.49. The number of nitrogens with one attached hydrogen (secondary N) is 3. The number of carbonyl (C=O) groups excluding carboxylic acids is 4. The van der Waals surface area contributed by atoms with E-state index in [9.17, 15) is 42.6 Å². The summed E-state index contributed by atoms with van der Waals surface area (Å²) in [6.07, 6.45) is -4.84. The minimum absolute atomic E-state index is 0.0134. The van der Waals surface area contributed by atoms with Crippen LogP contribution in [0.5, 0.6) is 17.2 Å². The molecule has 1 fully saturated rings. The fraction of sp³-hybridized carbons (Fsp3) is 0.241. The van der Waals surface area contributed by atoms with Gasteiger partial charge in [0, 0.05) is 17.8 Å². The summed E-state index contributed by atoms with van der Waals surface area (Å²) in [6, 6.07) is 13.5. The van der Waals surface area contributed by atoms with Crippen molar-refractivity contribution in [3.05, 3.63) is 83.4 Å². The number of ether oxygens (including phenoxy) is 2. The van der Waals surface area contributed by atoms with E-state index in [0.717, 1.165) is 18.2 Å². The van der Waals surface area contributed by atoms with Crippen LogP contribution in [0.15, 0.2) is 66.7 Å². The maximum absolute atomic E-state index is 12.9. The number of hydrogen-bond acceptors (Lipinski definition) is 9. The molecule has 14 heteroatoms. The highest BCUT2D eigenvalue weighted by molar-refractivity contribution is 6.08. The van der Waals surface area contributed by atoms with Gasteiger partial charge in [-0.25, -0.2) is 9.59 Å². The van der Waals surface area contributed by atoms with Gasteiger partial charge >= 0.3 is 18.1 Å². The number of phenolic OH excluding ortho intramolecular Hbond substituents is 2. The predicted molar refractivity (Wildman–Crippen MR) is 145 cm³/mol. The van der Waals surface area contributed by atoms with Gasteiger partial charge in [-0.2, -0.15) is 13.2 Å². The Bertz CT molecular complexity index is 1490. The quantitative estimate of drug-likeness (QED) is 0.201. The van der Waals surface area contributed by atoms with Gasteiger partial charge in [0.05, 0.1) is 11.6 Å². The lowest BCUT2D eigenvalue weighted by atomic mass is 10.1. The zero-order valence-corrected chi connectivity index (χ0v) is 22.3. The molecule has 2 amide bonds. The monoisotopic (exact) mass is 601 g/mol. The number of carbonyl (C=O) groups is 4. The number of benzene rings is 3. The van der Waals surface area contributed by atoms with Crippen LogP contribution in [0.2, 0.25) is 0 Å². The molecule has 0 unspecified atom stereocenters. The fourth-order valence-electron chi connectivity index (χ4n) is 4.25. The van der Waals surface area contributed by atoms with E-state index in [4.69, 9.17) is 4.74 Å². The Hall–Kier alpha value is -5.11. The van der Waals surface area contributed by atoms with Crippen LogP contribution < -0.4 is 20.7 Å². The highest BCUT2D eigenvalue weighted by Gasteiger charge is 2.42. The van der Waals surface area contributed by atoms with E-state index in [-0.39, 0.29) is 17.0 Å². The van der Waals surface area contributed by atoms with Crippen LogP contribution in [0.4, 0.5) is 18.9 Å². The number of alkyl halides is 3. The summed E-state index contributed by atoms with van der Waals surface area (Å²) in [5, 5.41) is 27.9. The Kier molecular flexibility index (Phi) is 9.50. The highest BCUT2D eigenvalue weighted by Crippen LogP contribution is 2.30. The molecule has 5 N–H and O–H groups in total. The van der Waals surface area contributed by atoms with Crippen molar-refractivity contribution in [2.75, 3.05) is 18.4 Å². The van der Waals surface area contributed by atoms with Gasteiger partial charge in [-0.05, 0) is 80.1 Å². The number of anilines is 1. The summed E-state index contributed by atoms with van der Waals surface area (Å²) in [6.45, 7) is 1.00. The van der Waals surface area contributed by atoms with Gasteiger partial charge in [-0.1, -0.05) is 6.07 Å². The molecule has 0 bridgehead atoms. The Morgan fingerprint density at radius 1 is 0.884 bits per heavy atom. The van der Waals surface area contributed by atoms with Crippen molar-refractivity contribution in [3.63, 3.8) is 0 Å². The van der Waals surface area contributed by atoms with Gasteiger partial charge in [0.1, 0.15) is 28.9 Å². The van der Waals surface area contributed by atoms with Crippen LogP contribution in [0, 0.1) is 0 Å². The lowest BCUT2D eigenvalue weighted by molar-refractivity contribution is -0.189. The minimum atomic E-state index is -5.32. The molecule has 0 saturated carbocycles. The molecule has 1 heterocycles. The Morgan fingerprint density at radius 2 is 1.56 bits per heavy atom. The van der Waals surface area contributed by atoms with Crippen molar-refractivity contribution in [1.29, 1.82) is 0 Å². The Morgan fingerprint density at radius 3 is 2.23 bits per heavy atom. The average Bonchev–Trinajstić information content (AvgIpc) is 3.17. The lowest BCUT2D eigenvalue weighted by Crippen LogP contribution is -2.49. The number of aromatic hydroxyl groups is 2. The molecule has 3 aromatic carbocycles. The normalized spacial score (nSPS) is 16.8. The number of phenols is 2. The molecular weight excluding hydrogens is 575 g/mol. The molecule has 43 heavy (non-hydrogen) atoms. The second-order valence-electron chi connectivity index (χ2n) is 9.49. The van der Waals surface area contributed by atoms with E-state index in [0.29, 0.717) is 31.5 Å². The zero-order chi connectivity index (χ0) is 31.1. The summed E-state index contributed by atoms with van der Waals surface area (Å²) < 4.78 is 47.9. The first-order chi connectivity index (χ1) is 20.4. The van der Waals surface area contributed by atoms with Crippen molar-refractivity contribution < 1.29 is 52.0 Å². The number of hydrogen-bond donors (Lipinski definition) is 5. The predicted octanol–water partition coefficient (Wildman–Crippen LogP) is 3.53. The number of halogens is 3. The largest absolute Gasteiger partial charge is 0.508 e. The van der Waals surface area contributed by atoms with Crippen molar-refractivity contribution in [1.82, 2.24) is 10.6 Å². The molecule has 1 aliphatic heterocycles. The topological polar surface area (TPSA) is 163 Å². The van der Waals surface area contributed by atoms with Crippen molar-refractivity contribution in [2.45, 2.75) is 31.2 Å². The molecule has 4 rings (SSSR count). The molecular formula is C29H26F3N3O8. The molecule has 2 atom stereocenters. The van der Waals surface area contributed by atoms with Crippen molar-refractivity contribution in [2.24, 2.45) is 0 Å². The van der Waals surface area contributed by atoms with Crippen molar-refractivity contribution in [3.8, 4) is 17.2 Å². The first kappa shape index (κ1) is 30.8. The van der Waals surface area contributed by atoms with Gasteiger partial charge in [-0.3, -0.25) is 9.59 Å². The average molecular weight is 602 g/mol. The summed E-state index contributed by atoms with van der Waals surface area (Å²) in [4.78, 5) is 49.7. The summed E-state index contributed by atoms with van der Waals surface area (Å²) in [5.41, 5.74) is -0.165. The van der Waals surface area contributed by atoms with E-state index in [1.807, 2.05) is 0 Å². The molecule has 3 aromatic rings. The second kappa shape index (κ2) is 13.2. The van der Waals surface area contributed by atoms with Crippen molar-refractivity contribution >= 4 is 29.4 Å². The molecule has 0 spiro atoms. The minimum Gasteiger partial charge on any atom is -0.508 e. The first-order valence-corrected chi connectivity index (χ1v) is 13.0. The van der Waals surface area contributed by atoms with E-state index < -0.39 is 59.1 Å². The highest BCUT2D eigenvalue weighted by atomic mass is 19.4. The Balaban J connectivity index is 1.42. The first-order valence-electron chi connectivity index (χ1n) is 13.0. The van der Waals surface area contributed by atoms with Crippen LogP contribution in [0.25, 0.3) is 0 Å². The molecule has 1 aliphatic rings. The maximum atomic E-state index is 12.9. The SMILES string of the molecule is O=C(N[C@@H]1CNCCC[C@H]1OC(=O)c1ccc(NC(=O)c2c(O)cccc2OC(=O)C(F)(F)F)cc1)c1ccc(O)cc1. The smallest absolute Gasteiger partial charge is 0.491 e. The van der Waals surface area contributed by atoms with Gasteiger partial charge in [0.2, 0.25) is 0 Å². The van der Waals surface area contributed by atoms with Gasteiger partial charge in [-0.15, -0.1) is 0 Å². The molecule has 1 saturated heterocycles. The summed E-state index contributed by atoms with van der Waals surface area (Å²) in [5.74, 6) is -6.26. The number of amides is 2. The van der Waals surface area contributed by atoms with Gasteiger partial charge < -0.3 is 35.6 Å². The van der Waals surface area contributed by atoms with Crippen LogP contribution in [-0.4, -0.2) is 65.4 Å². The summed E-state index contributed by atoms with van der Waals surface area (Å²) in [7, 11) is 0. The fourth-order valence-corrected chi connectivity index (χ4v) is 4.25. The van der Waals surface area contributed by atoms with E-state index >= 15 is 0 Å². The Labute approximate surface area is 242 Å². The maximum Gasteiger partial charge on any atom is 0.491 e.